The van der Waals surface area contributed by atoms with Crippen molar-refractivity contribution < 1.29 is 30.9 Å². The first-order valence-electron chi connectivity index (χ1n) is 3.20. The third-order valence-corrected chi connectivity index (χ3v) is 5.33. The summed E-state index contributed by atoms with van der Waals surface area (Å²) in [6, 6.07) is 0. The second-order valence-electron chi connectivity index (χ2n) is 2.13. The molecule has 0 aromatic carbocycles. The molecule has 0 radical (unpaired) electrons. The maximum Gasteiger partial charge on any atom is 0.412 e. The van der Waals surface area contributed by atoms with Crippen LogP contribution < -0.4 is 4.86 Å². The van der Waals surface area contributed by atoms with E-state index < -0.39 is 48.0 Å². The molecule has 1 aliphatic heterocycles. The van der Waals surface area contributed by atoms with Gasteiger partial charge in [0.1, 0.15) is 6.61 Å². The third-order valence-electron chi connectivity index (χ3n) is 1.02. The van der Waals surface area contributed by atoms with Crippen molar-refractivity contribution in [2.24, 2.45) is 0 Å². The lowest BCUT2D eigenvalue weighted by Crippen LogP contribution is -2.24. The first kappa shape index (κ1) is 13.8. The predicted molar refractivity (Wildman–Crippen MR) is 44.3 cm³/mol. The highest BCUT2D eigenvalue weighted by Gasteiger charge is 2.42. The average Bonchev–Trinajstić information content (AvgIpc) is 2.12. The Hall–Kier alpha value is 0.710. The largest absolute Gasteiger partial charge is 0.412 e. The van der Waals surface area contributed by atoms with Crippen LogP contribution in [0.2, 0.25) is 0 Å². The maximum atomic E-state index is 12.8. The Kier molecular flexibility index (Phi) is 4.92. The van der Waals surface area contributed by atoms with Gasteiger partial charge in [-0.2, -0.15) is 17.4 Å². The summed E-state index contributed by atoms with van der Waals surface area (Å²) in [5, 5.41) is 0. The minimum Gasteiger partial charge on any atom is -0.320 e. The summed E-state index contributed by atoms with van der Waals surface area (Å²) in [5.74, 6) is 0. The van der Waals surface area contributed by atoms with E-state index in [1.54, 1.807) is 0 Å². The van der Waals surface area contributed by atoms with E-state index in [2.05, 4.69) is 4.52 Å². The Morgan fingerprint density at radius 3 is 2.47 bits per heavy atom. The number of halogens is 6. The van der Waals surface area contributed by atoms with Gasteiger partial charge in [0, 0.05) is 0 Å². The molecule has 4 nitrogen and oxygen atoms in total. The first-order valence-corrected chi connectivity index (χ1v) is 6.49. The summed E-state index contributed by atoms with van der Waals surface area (Å²) in [7, 11) is -6.92. The monoisotopic (exact) mass is 293 g/mol. The molecule has 13 heteroatoms. The van der Waals surface area contributed by atoms with Crippen LogP contribution in [-0.2, 0) is 4.52 Å². The fraction of sp³-hybridized carbons (Fsp3) is 1.00. The number of alkyl halides is 3. The molecule has 0 amide bonds. The molecule has 1 heterocycles. The molecule has 0 aliphatic carbocycles. The van der Waals surface area contributed by atoms with Gasteiger partial charge in [0.25, 0.3) is 0 Å². The molecule has 1 aliphatic rings. The quantitative estimate of drug-likeness (QED) is 0.479. The van der Waals surface area contributed by atoms with Gasteiger partial charge in [-0.1, -0.05) is 0 Å². The van der Waals surface area contributed by atoms with Crippen LogP contribution in [0.15, 0.2) is 0 Å². The van der Waals surface area contributed by atoms with Crippen molar-refractivity contribution in [1.29, 1.82) is 0 Å². The molecule has 15 heavy (non-hydrogen) atoms. The van der Waals surface area contributed by atoms with Crippen LogP contribution in [0.4, 0.5) is 26.3 Å². The highest BCUT2D eigenvalue weighted by molar-refractivity contribution is 7.74. The van der Waals surface area contributed by atoms with Crippen LogP contribution in [0.25, 0.3) is 0 Å². The van der Waals surface area contributed by atoms with Crippen molar-refractivity contribution in [1.82, 2.24) is 14.2 Å². The van der Waals surface area contributed by atoms with Crippen molar-refractivity contribution >= 4 is 25.9 Å². The van der Waals surface area contributed by atoms with E-state index in [0.29, 0.717) is 0 Å². The average molecular weight is 293 g/mol. The van der Waals surface area contributed by atoms with Gasteiger partial charge in [-0.3, -0.25) is 0 Å². The summed E-state index contributed by atoms with van der Waals surface area (Å²) in [6.45, 7) is -1.72. The zero-order valence-corrected chi connectivity index (χ0v) is 9.46. The summed E-state index contributed by atoms with van der Waals surface area (Å²) in [5.41, 5.74) is 0. The Labute approximate surface area is 84.6 Å². The maximum absolute atomic E-state index is 12.8. The van der Waals surface area contributed by atoms with Gasteiger partial charge in [0.05, 0.1) is 8.88 Å². The van der Waals surface area contributed by atoms with Crippen LogP contribution in [0.1, 0.15) is 0 Å². The minimum absolute atomic E-state index is 0.467. The lowest BCUT2D eigenvalue weighted by Gasteiger charge is -2.31. The van der Waals surface area contributed by atoms with Crippen molar-refractivity contribution in [3.8, 4) is 0 Å². The van der Waals surface area contributed by atoms with Crippen LogP contribution in [-0.4, -0.2) is 22.1 Å². The van der Waals surface area contributed by atoms with Gasteiger partial charge in [-0.25, -0.2) is 4.86 Å². The topological polar surface area (TPSA) is 27.7 Å². The molecule has 0 bridgehead atoms. The van der Waals surface area contributed by atoms with Crippen LogP contribution in [0, 0.1) is 0 Å². The normalized spacial score (nSPS) is 32.4. The van der Waals surface area contributed by atoms with Gasteiger partial charge >= 0.3 is 14.7 Å². The highest BCUT2D eigenvalue weighted by atomic mass is 31.3. The lowest BCUT2D eigenvalue weighted by atomic mass is 10.7. The molecule has 3 atom stereocenters. The predicted octanol–water partition coefficient (Wildman–Crippen LogP) is 3.47. The number of nitrogens with zero attached hydrogens (tertiary/aromatic N) is 2. The summed E-state index contributed by atoms with van der Waals surface area (Å²) >= 11 is 0. The van der Waals surface area contributed by atoms with E-state index in [-0.39, 0.29) is 0 Å². The van der Waals surface area contributed by atoms with Crippen molar-refractivity contribution in [3.05, 3.63) is 0 Å². The molecule has 0 spiro atoms. The van der Waals surface area contributed by atoms with Gasteiger partial charge in [-0.05, 0) is 9.33 Å². The Morgan fingerprint density at radius 1 is 1.33 bits per heavy atom. The van der Waals surface area contributed by atoms with Crippen molar-refractivity contribution in [2.75, 3.05) is 6.61 Å². The Bertz CT molecular complexity index is 218. The molecule has 1 rings (SSSR count). The standard InChI is InChI=1S/C2H4F6N3OP3/c3-2(4,5)1-12-15-9-13-10(6)14(8)11(15)7/h9,13H,1H2. The van der Waals surface area contributed by atoms with E-state index in [0.717, 1.165) is 0 Å². The SMILES string of the molecule is FN1PNP(OCC(F)(F)F)N(F)P1F. The minimum atomic E-state index is -4.64. The summed E-state index contributed by atoms with van der Waals surface area (Å²) in [4.78, 5) is 1.97. The zero-order valence-electron chi connectivity index (χ0n) is 6.67. The van der Waals surface area contributed by atoms with Crippen LogP contribution in [0.5, 0.6) is 0 Å². The fourth-order valence-electron chi connectivity index (χ4n) is 0.513. The number of nitrogens with one attached hydrogen (secondary N) is 1. The Morgan fingerprint density at radius 2 is 1.93 bits per heavy atom. The van der Waals surface area contributed by atoms with E-state index in [9.17, 15) is 26.3 Å². The number of rotatable bonds is 2. The van der Waals surface area contributed by atoms with Crippen LogP contribution in [0.3, 0.4) is 0 Å². The molecule has 90 valence electrons. The molecule has 0 aromatic rings. The van der Waals surface area contributed by atoms with E-state index >= 15 is 0 Å². The Balaban J connectivity index is 2.43. The summed E-state index contributed by atoms with van der Waals surface area (Å²) in [6.07, 6.45) is -4.64. The zero-order chi connectivity index (χ0) is 11.6. The molecule has 1 fully saturated rings. The van der Waals surface area contributed by atoms with Gasteiger partial charge in [-0.15, -0.1) is 8.96 Å². The third kappa shape index (κ3) is 4.23. The van der Waals surface area contributed by atoms with E-state index in [4.69, 9.17) is 0 Å². The van der Waals surface area contributed by atoms with E-state index in [1.807, 2.05) is 4.86 Å². The molecular weight excluding hydrogens is 289 g/mol. The number of hydrogen-bond donors (Lipinski definition) is 1. The molecule has 3 unspecified atom stereocenters. The van der Waals surface area contributed by atoms with Gasteiger partial charge < -0.3 is 4.52 Å². The molecular formula is C2H4F6N3OP3. The molecule has 0 saturated carbocycles. The van der Waals surface area contributed by atoms with E-state index in [1.165, 1.54) is 0 Å². The van der Waals surface area contributed by atoms with Gasteiger partial charge in [0.2, 0.25) is 8.45 Å². The fourth-order valence-corrected chi connectivity index (χ4v) is 4.77. The van der Waals surface area contributed by atoms with Crippen molar-refractivity contribution in [3.63, 3.8) is 0 Å². The summed E-state index contributed by atoms with van der Waals surface area (Å²) < 4.78 is 75.6. The second kappa shape index (κ2) is 5.36. The number of hydrogen-bond acceptors (Lipinski definition) is 4. The molecule has 0 aromatic heterocycles. The highest BCUT2D eigenvalue weighted by Crippen LogP contribution is 2.67. The van der Waals surface area contributed by atoms with Crippen molar-refractivity contribution in [2.45, 2.75) is 6.18 Å². The van der Waals surface area contributed by atoms with Gasteiger partial charge in [0.15, 0.2) is 0 Å². The second-order valence-corrected chi connectivity index (χ2v) is 6.67. The smallest absolute Gasteiger partial charge is 0.320 e. The first-order chi connectivity index (χ1) is 6.81. The molecule has 1 N–H and O–H groups in total. The van der Waals surface area contributed by atoms with Crippen LogP contribution >= 0.6 is 25.9 Å². The lowest BCUT2D eigenvalue weighted by molar-refractivity contribution is -0.153. The molecule has 1 saturated heterocycles.